The number of hydrogen-bond donors (Lipinski definition) is 1. The summed E-state index contributed by atoms with van der Waals surface area (Å²) in [6.45, 7) is 0. The number of nitrogens with one attached hydrogen (secondary N) is 1. The molecular weight excluding hydrogens is 502 g/mol. The van der Waals surface area contributed by atoms with E-state index in [4.69, 9.17) is 15.8 Å². The van der Waals surface area contributed by atoms with Crippen LogP contribution in [0.4, 0.5) is 11.4 Å². The predicted molar refractivity (Wildman–Crippen MR) is 130 cm³/mol. The third kappa shape index (κ3) is 5.63. The Hall–Kier alpha value is -3.67. The van der Waals surface area contributed by atoms with Crippen LogP contribution in [0.25, 0.3) is 6.08 Å². The third-order valence-electron chi connectivity index (χ3n) is 4.43. The first-order valence-corrected chi connectivity index (χ1v) is 12.1. The van der Waals surface area contributed by atoms with Gasteiger partial charge in [0.2, 0.25) is 0 Å². The average molecular weight is 516 g/mol. The van der Waals surface area contributed by atoms with Crippen LogP contribution in [0.2, 0.25) is 5.02 Å². The molecular formula is C22H14ClN3O6S2. The summed E-state index contributed by atoms with van der Waals surface area (Å²) in [5, 5.41) is 14.4. The second-order valence-electron chi connectivity index (χ2n) is 6.82. The van der Waals surface area contributed by atoms with Gasteiger partial charge in [-0.25, -0.2) is 4.99 Å². The summed E-state index contributed by atoms with van der Waals surface area (Å²) in [5.41, 5.74) is 1.06. The molecule has 1 aliphatic heterocycles. The van der Waals surface area contributed by atoms with Crippen LogP contribution in [0.5, 0.6) is 5.75 Å². The highest BCUT2D eigenvalue weighted by Gasteiger charge is 2.24. The number of thioether (sulfide) groups is 1. The van der Waals surface area contributed by atoms with Crippen molar-refractivity contribution >= 4 is 62.0 Å². The number of rotatable bonds is 6. The van der Waals surface area contributed by atoms with E-state index in [1.165, 1.54) is 23.9 Å². The Morgan fingerprint density at radius 1 is 1.00 bits per heavy atom. The average Bonchev–Trinajstić information content (AvgIpc) is 3.15. The van der Waals surface area contributed by atoms with Gasteiger partial charge in [0, 0.05) is 17.2 Å². The summed E-state index contributed by atoms with van der Waals surface area (Å²) >= 11 is 7.03. The summed E-state index contributed by atoms with van der Waals surface area (Å²) in [6, 6.07) is 17.3. The number of non-ortho nitro benzene ring substituents is 1. The predicted octanol–water partition coefficient (Wildman–Crippen LogP) is 4.91. The van der Waals surface area contributed by atoms with Crippen molar-refractivity contribution in [2.24, 2.45) is 4.99 Å². The van der Waals surface area contributed by atoms with E-state index in [0.717, 1.165) is 24.3 Å². The molecule has 0 spiro atoms. The fraction of sp³-hybridized carbons (Fsp3) is 0. The van der Waals surface area contributed by atoms with Gasteiger partial charge in [0.05, 0.1) is 15.5 Å². The molecule has 12 heteroatoms. The van der Waals surface area contributed by atoms with Crippen molar-refractivity contribution in [3.8, 4) is 5.75 Å². The SMILES string of the molecule is O=C1NC(=Nc2ccc(Cl)cc2)S/C1=C/c1ccc(OS(=O)(=O)c2ccc([N+](=O)[O-])cc2)cc1. The molecule has 1 saturated heterocycles. The topological polar surface area (TPSA) is 128 Å². The Balaban J connectivity index is 1.45. The Morgan fingerprint density at radius 3 is 2.26 bits per heavy atom. The van der Waals surface area contributed by atoms with Gasteiger partial charge in [0.1, 0.15) is 10.6 Å². The molecule has 4 rings (SSSR count). The number of amides is 1. The molecule has 3 aromatic carbocycles. The van der Waals surface area contributed by atoms with Crippen molar-refractivity contribution in [3.05, 3.63) is 98.4 Å². The number of aliphatic imine (C=N–C) groups is 1. The van der Waals surface area contributed by atoms with Crippen molar-refractivity contribution in [1.29, 1.82) is 0 Å². The van der Waals surface area contributed by atoms with E-state index in [9.17, 15) is 23.3 Å². The number of carbonyl (C=O) groups excluding carboxylic acids is 1. The van der Waals surface area contributed by atoms with E-state index in [-0.39, 0.29) is 22.2 Å². The van der Waals surface area contributed by atoms with Crippen LogP contribution in [0.15, 0.2) is 87.6 Å². The highest BCUT2D eigenvalue weighted by molar-refractivity contribution is 8.18. The molecule has 0 atom stereocenters. The lowest BCUT2D eigenvalue weighted by Gasteiger charge is -2.07. The van der Waals surface area contributed by atoms with Gasteiger partial charge >= 0.3 is 10.1 Å². The minimum absolute atomic E-state index is 0.0500. The molecule has 1 N–H and O–H groups in total. The normalized spacial score (nSPS) is 16.0. The first-order chi connectivity index (χ1) is 16.2. The molecule has 1 amide bonds. The highest BCUT2D eigenvalue weighted by Crippen LogP contribution is 2.29. The molecule has 0 unspecified atom stereocenters. The van der Waals surface area contributed by atoms with Gasteiger partial charge in [-0.15, -0.1) is 0 Å². The van der Waals surface area contributed by atoms with Gasteiger partial charge in [-0.05, 0) is 71.9 Å². The number of nitrogens with zero attached hydrogens (tertiary/aromatic N) is 2. The Morgan fingerprint density at radius 2 is 1.65 bits per heavy atom. The van der Waals surface area contributed by atoms with Crippen LogP contribution >= 0.6 is 23.4 Å². The van der Waals surface area contributed by atoms with E-state index < -0.39 is 15.0 Å². The van der Waals surface area contributed by atoms with Gasteiger partial charge < -0.3 is 9.50 Å². The molecule has 3 aromatic rings. The van der Waals surface area contributed by atoms with E-state index in [0.29, 0.717) is 26.3 Å². The van der Waals surface area contributed by atoms with Crippen LogP contribution in [-0.2, 0) is 14.9 Å². The molecule has 9 nitrogen and oxygen atoms in total. The molecule has 0 aromatic heterocycles. The van der Waals surface area contributed by atoms with Crippen LogP contribution < -0.4 is 9.50 Å². The van der Waals surface area contributed by atoms with Crippen molar-refractivity contribution in [2.45, 2.75) is 4.90 Å². The molecule has 0 radical (unpaired) electrons. The van der Waals surface area contributed by atoms with Crippen molar-refractivity contribution in [1.82, 2.24) is 5.32 Å². The highest BCUT2D eigenvalue weighted by atomic mass is 35.5. The second-order valence-corrected chi connectivity index (χ2v) is 9.83. The van der Waals surface area contributed by atoms with Crippen molar-refractivity contribution in [2.75, 3.05) is 0 Å². The zero-order valence-electron chi connectivity index (χ0n) is 17.0. The zero-order chi connectivity index (χ0) is 24.3. The maximum absolute atomic E-state index is 12.4. The molecule has 1 heterocycles. The standard InChI is InChI=1S/C22H14ClN3O6S2/c23-15-3-5-16(6-4-15)24-22-25-21(27)20(33-22)13-14-1-9-18(10-2-14)32-34(30,31)19-11-7-17(8-12-19)26(28)29/h1-13H,(H,24,25,27)/b20-13+. The van der Waals surface area contributed by atoms with E-state index >= 15 is 0 Å². The molecule has 172 valence electrons. The lowest BCUT2D eigenvalue weighted by atomic mass is 10.2. The van der Waals surface area contributed by atoms with Gasteiger partial charge in [-0.1, -0.05) is 23.7 Å². The lowest BCUT2D eigenvalue weighted by Crippen LogP contribution is -2.19. The minimum atomic E-state index is -4.17. The minimum Gasteiger partial charge on any atom is -0.379 e. The van der Waals surface area contributed by atoms with Crippen LogP contribution in [0, 0.1) is 10.1 Å². The van der Waals surface area contributed by atoms with Crippen LogP contribution in [-0.4, -0.2) is 24.4 Å². The maximum Gasteiger partial charge on any atom is 0.339 e. The third-order valence-corrected chi connectivity index (χ3v) is 6.85. The summed E-state index contributed by atoms with van der Waals surface area (Å²) in [5.74, 6) is -0.257. The fourth-order valence-corrected chi connectivity index (χ4v) is 4.69. The molecule has 1 aliphatic rings. The summed E-state index contributed by atoms with van der Waals surface area (Å²) in [7, 11) is -4.17. The number of nitro benzene ring substituents is 1. The smallest absolute Gasteiger partial charge is 0.339 e. The summed E-state index contributed by atoms with van der Waals surface area (Å²) < 4.78 is 29.9. The number of nitro groups is 1. The van der Waals surface area contributed by atoms with Gasteiger partial charge in [-0.3, -0.25) is 14.9 Å². The monoisotopic (exact) mass is 515 g/mol. The Bertz CT molecular complexity index is 1420. The quantitative estimate of drug-likeness (QED) is 0.214. The van der Waals surface area contributed by atoms with Crippen molar-refractivity contribution < 1.29 is 22.3 Å². The molecule has 1 fully saturated rings. The van der Waals surface area contributed by atoms with Gasteiger partial charge in [-0.2, -0.15) is 8.42 Å². The van der Waals surface area contributed by atoms with E-state index in [1.807, 2.05) is 0 Å². The molecule has 0 aliphatic carbocycles. The lowest BCUT2D eigenvalue weighted by molar-refractivity contribution is -0.384. The largest absolute Gasteiger partial charge is 0.379 e. The number of hydrogen-bond acceptors (Lipinski definition) is 8. The summed E-state index contributed by atoms with van der Waals surface area (Å²) in [6.07, 6.45) is 1.64. The van der Waals surface area contributed by atoms with Gasteiger partial charge in [0.15, 0.2) is 5.17 Å². The molecule has 0 bridgehead atoms. The summed E-state index contributed by atoms with van der Waals surface area (Å²) in [4.78, 5) is 26.9. The first-order valence-electron chi connectivity index (χ1n) is 9.54. The number of amidine groups is 1. The van der Waals surface area contributed by atoms with Gasteiger partial charge in [0.25, 0.3) is 11.6 Å². The van der Waals surface area contributed by atoms with Crippen molar-refractivity contribution in [3.63, 3.8) is 0 Å². The maximum atomic E-state index is 12.4. The molecule has 34 heavy (non-hydrogen) atoms. The van der Waals surface area contributed by atoms with Crippen LogP contribution in [0.3, 0.4) is 0 Å². The fourth-order valence-electron chi connectivity index (χ4n) is 2.79. The van der Waals surface area contributed by atoms with E-state index in [1.54, 1.807) is 42.5 Å². The number of carbonyl (C=O) groups is 1. The second kappa shape index (κ2) is 9.67. The van der Waals surface area contributed by atoms with Crippen LogP contribution in [0.1, 0.15) is 5.56 Å². The zero-order valence-corrected chi connectivity index (χ0v) is 19.4. The molecule has 0 saturated carbocycles. The Kier molecular flexibility index (Phi) is 6.68. The van der Waals surface area contributed by atoms with E-state index in [2.05, 4.69) is 10.3 Å². The first kappa shape index (κ1) is 23.5. The Labute approximate surface area is 203 Å². The number of halogens is 1. The number of benzene rings is 3.